The quantitative estimate of drug-likeness (QED) is 0.798. The van der Waals surface area contributed by atoms with Gasteiger partial charge in [-0.05, 0) is 45.8 Å². The van der Waals surface area contributed by atoms with Crippen molar-refractivity contribution in [1.29, 1.82) is 0 Å². The van der Waals surface area contributed by atoms with Gasteiger partial charge in [-0.15, -0.1) is 0 Å². The van der Waals surface area contributed by atoms with Gasteiger partial charge in [0.2, 0.25) is 0 Å². The van der Waals surface area contributed by atoms with Crippen molar-refractivity contribution in [3.05, 3.63) is 56.5 Å². The summed E-state index contributed by atoms with van der Waals surface area (Å²) in [4.78, 5) is -0.184. The highest BCUT2D eigenvalue weighted by Gasteiger charge is 2.22. The maximum atomic E-state index is 12.4. The number of hydrogen-bond acceptors (Lipinski definition) is 3. The Balaban J connectivity index is 2.50. The van der Waals surface area contributed by atoms with Crippen LogP contribution in [-0.2, 0) is 16.6 Å². The second-order valence-electron chi connectivity index (χ2n) is 4.12. The first-order valence-electron chi connectivity index (χ1n) is 5.71. The molecule has 112 valence electrons. The van der Waals surface area contributed by atoms with Gasteiger partial charge in [-0.2, -0.15) is 0 Å². The summed E-state index contributed by atoms with van der Waals surface area (Å²) in [5.74, 6) is 0. The highest BCUT2D eigenvalue weighted by Crippen LogP contribution is 2.32. The van der Waals surface area contributed by atoms with Gasteiger partial charge in [0.05, 0.1) is 17.3 Å². The van der Waals surface area contributed by atoms with Gasteiger partial charge >= 0.3 is 0 Å². The molecule has 4 nitrogen and oxygen atoms in total. The number of aliphatic hydroxyl groups excluding tert-OH is 1. The Morgan fingerprint density at radius 2 is 1.86 bits per heavy atom. The van der Waals surface area contributed by atoms with E-state index in [1.807, 2.05) is 0 Å². The Labute approximate surface area is 140 Å². The molecule has 0 atom stereocenters. The predicted molar refractivity (Wildman–Crippen MR) is 87.3 cm³/mol. The molecule has 0 aliphatic carbocycles. The van der Waals surface area contributed by atoms with E-state index in [4.69, 9.17) is 23.2 Å². The lowest BCUT2D eigenvalue weighted by Crippen LogP contribution is -2.14. The lowest BCUT2D eigenvalue weighted by atomic mass is 10.2. The first-order valence-corrected chi connectivity index (χ1v) is 8.74. The maximum absolute atomic E-state index is 12.4. The van der Waals surface area contributed by atoms with E-state index in [1.165, 1.54) is 12.1 Å². The molecule has 0 saturated heterocycles. The number of aliphatic hydroxyl groups is 1. The summed E-state index contributed by atoms with van der Waals surface area (Å²) in [6.45, 7) is -0.406. The minimum Gasteiger partial charge on any atom is -0.392 e. The molecule has 0 saturated carbocycles. The minimum atomic E-state index is -3.93. The zero-order chi connectivity index (χ0) is 15.6. The molecule has 0 aliphatic heterocycles. The van der Waals surface area contributed by atoms with E-state index in [0.29, 0.717) is 10.2 Å². The van der Waals surface area contributed by atoms with E-state index in [-0.39, 0.29) is 20.5 Å². The van der Waals surface area contributed by atoms with Gasteiger partial charge in [0, 0.05) is 9.50 Å². The van der Waals surface area contributed by atoms with Crippen molar-refractivity contribution in [1.82, 2.24) is 0 Å². The van der Waals surface area contributed by atoms with Crippen LogP contribution in [0.2, 0.25) is 10.0 Å². The molecule has 0 aromatic heterocycles. The van der Waals surface area contributed by atoms with Crippen LogP contribution in [0.4, 0.5) is 5.69 Å². The lowest BCUT2D eigenvalue weighted by Gasteiger charge is -2.13. The number of sulfonamides is 1. The van der Waals surface area contributed by atoms with Gasteiger partial charge in [-0.1, -0.05) is 35.3 Å². The number of nitrogens with one attached hydrogen (secondary N) is 1. The van der Waals surface area contributed by atoms with E-state index >= 15 is 0 Å². The molecule has 21 heavy (non-hydrogen) atoms. The van der Waals surface area contributed by atoms with E-state index in [0.717, 1.165) is 0 Å². The Bertz CT molecular complexity index is 781. The van der Waals surface area contributed by atoms with Crippen LogP contribution in [0.15, 0.2) is 45.8 Å². The van der Waals surface area contributed by atoms with Crippen LogP contribution in [0.5, 0.6) is 0 Å². The third-order valence-corrected chi connectivity index (χ3v) is 5.52. The van der Waals surface area contributed by atoms with Crippen molar-refractivity contribution in [3.63, 3.8) is 0 Å². The zero-order valence-electron chi connectivity index (χ0n) is 10.5. The molecule has 2 aromatic rings. The topological polar surface area (TPSA) is 66.4 Å². The van der Waals surface area contributed by atoms with Crippen LogP contribution in [0.3, 0.4) is 0 Å². The molecule has 0 amide bonds. The van der Waals surface area contributed by atoms with Gasteiger partial charge in [0.25, 0.3) is 10.0 Å². The monoisotopic (exact) mass is 409 g/mol. The molecule has 2 N–H and O–H groups in total. The van der Waals surface area contributed by atoms with Gasteiger partial charge < -0.3 is 5.11 Å². The third-order valence-electron chi connectivity index (χ3n) is 2.66. The maximum Gasteiger partial charge on any atom is 0.263 e. The number of rotatable bonds is 4. The SMILES string of the molecule is O=S(=O)(Nc1ccccc1Br)c1cc(Cl)cc(CO)c1Cl. The fourth-order valence-electron chi connectivity index (χ4n) is 1.67. The van der Waals surface area contributed by atoms with Gasteiger partial charge in [-0.3, -0.25) is 4.72 Å². The molecule has 0 aliphatic rings. The molecule has 2 rings (SSSR count). The van der Waals surface area contributed by atoms with Crippen molar-refractivity contribution < 1.29 is 13.5 Å². The zero-order valence-corrected chi connectivity index (χ0v) is 14.4. The Kier molecular flexibility index (Phi) is 5.16. The average molecular weight is 411 g/mol. The fourth-order valence-corrected chi connectivity index (χ4v) is 4.19. The largest absolute Gasteiger partial charge is 0.392 e. The first-order chi connectivity index (χ1) is 9.85. The molecule has 8 heteroatoms. The Morgan fingerprint density at radius 1 is 1.19 bits per heavy atom. The third kappa shape index (κ3) is 3.70. The van der Waals surface area contributed by atoms with Crippen molar-refractivity contribution >= 4 is 54.8 Å². The summed E-state index contributed by atoms with van der Waals surface area (Å²) in [6.07, 6.45) is 0. The highest BCUT2D eigenvalue weighted by molar-refractivity contribution is 9.10. The fraction of sp³-hybridized carbons (Fsp3) is 0.0769. The van der Waals surface area contributed by atoms with Crippen LogP contribution >= 0.6 is 39.1 Å². The van der Waals surface area contributed by atoms with E-state index in [9.17, 15) is 13.5 Å². The normalized spacial score (nSPS) is 11.4. The average Bonchev–Trinajstić information content (AvgIpc) is 2.43. The number of para-hydroxylation sites is 1. The molecule has 0 bridgehead atoms. The number of benzene rings is 2. The summed E-state index contributed by atoms with van der Waals surface area (Å²) >= 11 is 15.1. The molecule has 2 aromatic carbocycles. The molecular formula is C13H10BrCl2NO3S. The van der Waals surface area contributed by atoms with Gasteiger partial charge in [0.1, 0.15) is 4.90 Å². The first kappa shape index (κ1) is 16.6. The summed E-state index contributed by atoms with van der Waals surface area (Å²) in [5, 5.41) is 9.32. The Hall–Kier alpha value is -0.790. The van der Waals surface area contributed by atoms with Crippen LogP contribution in [0, 0.1) is 0 Å². The number of anilines is 1. The minimum absolute atomic E-state index is 0.0542. The Morgan fingerprint density at radius 3 is 2.48 bits per heavy atom. The van der Waals surface area contributed by atoms with Crippen LogP contribution in [0.1, 0.15) is 5.56 Å². The molecule has 0 radical (unpaired) electrons. The van der Waals surface area contributed by atoms with Crippen molar-refractivity contribution in [2.45, 2.75) is 11.5 Å². The molecule has 0 fully saturated rings. The number of hydrogen-bond donors (Lipinski definition) is 2. The lowest BCUT2D eigenvalue weighted by molar-refractivity contribution is 0.281. The van der Waals surface area contributed by atoms with Crippen molar-refractivity contribution in [2.75, 3.05) is 4.72 Å². The van der Waals surface area contributed by atoms with Gasteiger partial charge in [-0.25, -0.2) is 8.42 Å². The molecule has 0 heterocycles. The van der Waals surface area contributed by atoms with Crippen LogP contribution < -0.4 is 4.72 Å². The summed E-state index contributed by atoms with van der Waals surface area (Å²) in [7, 11) is -3.93. The second-order valence-corrected chi connectivity index (χ2v) is 7.44. The predicted octanol–water partition coefficient (Wildman–Crippen LogP) is 4.05. The van der Waals surface area contributed by atoms with E-state index in [2.05, 4.69) is 20.7 Å². The van der Waals surface area contributed by atoms with E-state index in [1.54, 1.807) is 24.3 Å². The van der Waals surface area contributed by atoms with Gasteiger partial charge in [0.15, 0.2) is 0 Å². The smallest absolute Gasteiger partial charge is 0.263 e. The van der Waals surface area contributed by atoms with Crippen LogP contribution in [0.25, 0.3) is 0 Å². The standard InChI is InChI=1S/C13H10BrCl2NO3S/c14-10-3-1-2-4-11(10)17-21(19,20)12-6-9(15)5-8(7-18)13(12)16/h1-6,17-18H,7H2. The molecular weight excluding hydrogens is 401 g/mol. The van der Waals surface area contributed by atoms with Crippen molar-refractivity contribution in [2.24, 2.45) is 0 Å². The summed E-state index contributed by atoms with van der Waals surface area (Å²) in [6, 6.07) is 9.42. The second kappa shape index (κ2) is 6.54. The van der Waals surface area contributed by atoms with E-state index < -0.39 is 16.6 Å². The van der Waals surface area contributed by atoms with Crippen LogP contribution in [-0.4, -0.2) is 13.5 Å². The number of halogens is 3. The summed E-state index contributed by atoms with van der Waals surface area (Å²) in [5.41, 5.74) is 0.621. The molecule has 0 unspecified atom stereocenters. The van der Waals surface area contributed by atoms with Crippen molar-refractivity contribution in [3.8, 4) is 0 Å². The summed E-state index contributed by atoms with van der Waals surface area (Å²) < 4.78 is 27.9. The highest BCUT2D eigenvalue weighted by atomic mass is 79.9. The molecule has 0 spiro atoms.